The fourth-order valence-electron chi connectivity index (χ4n) is 5.01. The van der Waals surface area contributed by atoms with Crippen LogP contribution in [0.25, 0.3) is 0 Å². The van der Waals surface area contributed by atoms with Crippen molar-refractivity contribution in [1.82, 2.24) is 0 Å². The minimum Gasteiger partial charge on any atom is -0.496 e. The third kappa shape index (κ3) is 6.86. The number of carbonyl (C=O) groups excluding carboxylic acids is 2. The van der Waals surface area contributed by atoms with Gasteiger partial charge in [-0.05, 0) is 99.0 Å². The molecule has 0 aliphatic heterocycles. The zero-order valence-corrected chi connectivity index (χ0v) is 25.1. The highest BCUT2D eigenvalue weighted by Gasteiger charge is 2.23. The molecule has 5 nitrogen and oxygen atoms in total. The number of rotatable bonds is 10. The highest BCUT2D eigenvalue weighted by atomic mass is 79.9. The van der Waals surface area contributed by atoms with E-state index in [1.807, 2.05) is 49.4 Å². The van der Waals surface area contributed by atoms with Gasteiger partial charge in [-0.2, -0.15) is 0 Å². The molecule has 0 N–H and O–H groups in total. The molecule has 3 aromatic carbocycles. The molecule has 4 rings (SSSR count). The monoisotopic (exact) mass is 642 g/mol. The maximum atomic E-state index is 13.7. The fraction of sp³-hybridized carbons (Fsp3) is 0.355. The zero-order valence-electron chi connectivity index (χ0n) is 21.9. The predicted octanol–water partition coefficient (Wildman–Crippen LogP) is 8.39. The number of benzene rings is 3. The molecule has 1 aliphatic carbocycles. The largest absolute Gasteiger partial charge is 0.496 e. The van der Waals surface area contributed by atoms with Crippen molar-refractivity contribution >= 4 is 43.6 Å². The zero-order chi connectivity index (χ0) is 27.2. The molecule has 200 valence electrons. The average Bonchev–Trinajstić information content (AvgIpc) is 3.42. The number of carbonyl (C=O) groups is 2. The Kier molecular flexibility index (Phi) is 9.66. The van der Waals surface area contributed by atoms with Crippen LogP contribution in [0.15, 0.2) is 57.5 Å². The molecule has 0 bridgehead atoms. The fourth-order valence-corrected chi connectivity index (χ4v) is 6.45. The molecule has 1 saturated carbocycles. The second-order valence-corrected chi connectivity index (χ2v) is 11.5. The van der Waals surface area contributed by atoms with E-state index in [2.05, 4.69) is 31.9 Å². The third-order valence-corrected chi connectivity index (χ3v) is 8.23. The first kappa shape index (κ1) is 28.4. The lowest BCUT2D eigenvalue weighted by atomic mass is 9.94. The van der Waals surface area contributed by atoms with Crippen molar-refractivity contribution in [2.24, 2.45) is 5.92 Å². The lowest BCUT2D eigenvalue weighted by Gasteiger charge is -2.19. The summed E-state index contributed by atoms with van der Waals surface area (Å²) in [5, 5.41) is 0. The average molecular weight is 644 g/mol. The van der Waals surface area contributed by atoms with E-state index in [9.17, 15) is 9.59 Å². The highest BCUT2D eigenvalue weighted by molar-refractivity contribution is 9.11. The van der Waals surface area contributed by atoms with Gasteiger partial charge in [-0.3, -0.25) is 9.59 Å². The van der Waals surface area contributed by atoms with Crippen molar-refractivity contribution in [3.63, 3.8) is 0 Å². The Labute approximate surface area is 241 Å². The second-order valence-electron chi connectivity index (χ2n) is 9.79. The van der Waals surface area contributed by atoms with Gasteiger partial charge in [0.2, 0.25) is 0 Å². The van der Waals surface area contributed by atoms with Gasteiger partial charge in [0.25, 0.3) is 0 Å². The molecular formula is C31H32Br2O5. The Hall–Kier alpha value is -2.64. The summed E-state index contributed by atoms with van der Waals surface area (Å²) in [5.74, 6) is 1.93. The summed E-state index contributed by atoms with van der Waals surface area (Å²) in [4.78, 5) is 25.5. The Bertz CT molecular complexity index is 1300. The number of hydrogen-bond acceptors (Lipinski definition) is 5. The standard InChI is InChI=1S/C31H32Br2O5/c1-19-7-6-10-23(13-19)30(35)24-18-27(36-2)22(12-11-20-8-4-5-9-20)17-28(24)38-31-25(32)14-21(15-26(31)33)16-29(34)37-3/h6-7,10,13-15,17-18,20H,4-5,8-9,11-12,16H2,1-3H3. The number of halogens is 2. The van der Waals surface area contributed by atoms with Gasteiger partial charge in [0.05, 0.1) is 35.1 Å². The summed E-state index contributed by atoms with van der Waals surface area (Å²) < 4.78 is 18.3. The summed E-state index contributed by atoms with van der Waals surface area (Å²) in [6, 6.07) is 14.9. The van der Waals surface area contributed by atoms with Gasteiger partial charge < -0.3 is 14.2 Å². The summed E-state index contributed by atoms with van der Waals surface area (Å²) in [6.45, 7) is 1.96. The summed E-state index contributed by atoms with van der Waals surface area (Å²) in [5.41, 5.74) is 3.80. The quantitative estimate of drug-likeness (QED) is 0.164. The van der Waals surface area contributed by atoms with E-state index in [1.165, 1.54) is 32.8 Å². The minimum atomic E-state index is -0.328. The van der Waals surface area contributed by atoms with Crippen LogP contribution in [-0.4, -0.2) is 26.0 Å². The van der Waals surface area contributed by atoms with Crippen LogP contribution in [0.1, 0.15) is 64.7 Å². The van der Waals surface area contributed by atoms with Gasteiger partial charge in [0, 0.05) is 5.56 Å². The van der Waals surface area contributed by atoms with Crippen molar-refractivity contribution in [2.75, 3.05) is 14.2 Å². The molecule has 0 radical (unpaired) electrons. The first-order chi connectivity index (χ1) is 18.3. The van der Waals surface area contributed by atoms with Crippen LogP contribution in [-0.2, 0) is 22.4 Å². The highest BCUT2D eigenvalue weighted by Crippen LogP contribution is 2.42. The normalized spacial score (nSPS) is 13.4. The predicted molar refractivity (Wildman–Crippen MR) is 156 cm³/mol. The topological polar surface area (TPSA) is 61.8 Å². The molecular weight excluding hydrogens is 612 g/mol. The third-order valence-electron chi connectivity index (χ3n) is 7.05. The van der Waals surface area contributed by atoms with E-state index in [0.717, 1.165) is 35.4 Å². The number of aryl methyl sites for hydroxylation is 2. The SMILES string of the molecule is COC(=O)Cc1cc(Br)c(Oc2cc(CCC3CCCC3)c(OC)cc2C(=O)c2cccc(C)c2)c(Br)c1. The van der Waals surface area contributed by atoms with Gasteiger partial charge in [0.15, 0.2) is 11.5 Å². The van der Waals surface area contributed by atoms with E-state index in [-0.39, 0.29) is 18.2 Å². The Morgan fingerprint density at radius 2 is 1.66 bits per heavy atom. The Morgan fingerprint density at radius 3 is 2.29 bits per heavy atom. The van der Waals surface area contributed by atoms with Crippen LogP contribution in [0.2, 0.25) is 0 Å². The molecule has 0 atom stereocenters. The van der Waals surface area contributed by atoms with Gasteiger partial charge in [-0.15, -0.1) is 0 Å². The molecule has 0 aromatic heterocycles. The Morgan fingerprint density at radius 1 is 0.947 bits per heavy atom. The van der Waals surface area contributed by atoms with Crippen molar-refractivity contribution in [3.8, 4) is 17.2 Å². The molecule has 0 unspecified atom stereocenters. The number of hydrogen-bond donors (Lipinski definition) is 0. The van der Waals surface area contributed by atoms with Crippen molar-refractivity contribution < 1.29 is 23.8 Å². The second kappa shape index (κ2) is 12.9. The van der Waals surface area contributed by atoms with Gasteiger partial charge in [-0.1, -0.05) is 49.4 Å². The first-order valence-corrected chi connectivity index (χ1v) is 14.4. The van der Waals surface area contributed by atoms with E-state index >= 15 is 0 Å². The molecule has 7 heteroatoms. The van der Waals surface area contributed by atoms with Gasteiger partial charge in [-0.25, -0.2) is 0 Å². The maximum absolute atomic E-state index is 13.7. The summed E-state index contributed by atoms with van der Waals surface area (Å²) in [7, 11) is 3.01. The first-order valence-electron chi connectivity index (χ1n) is 12.8. The minimum absolute atomic E-state index is 0.138. The summed E-state index contributed by atoms with van der Waals surface area (Å²) >= 11 is 7.18. The van der Waals surface area contributed by atoms with E-state index < -0.39 is 0 Å². The summed E-state index contributed by atoms with van der Waals surface area (Å²) in [6.07, 6.45) is 7.21. The molecule has 0 saturated heterocycles. The number of ketones is 1. The number of esters is 1. The maximum Gasteiger partial charge on any atom is 0.309 e. The lowest BCUT2D eigenvalue weighted by Crippen LogP contribution is -2.08. The molecule has 1 fully saturated rings. The van der Waals surface area contributed by atoms with Crippen LogP contribution in [0.5, 0.6) is 17.2 Å². The molecule has 3 aromatic rings. The van der Waals surface area contributed by atoms with Gasteiger partial charge in [0.1, 0.15) is 11.5 Å². The van der Waals surface area contributed by atoms with Crippen molar-refractivity contribution in [3.05, 3.63) is 85.3 Å². The van der Waals surface area contributed by atoms with E-state index in [1.54, 1.807) is 13.2 Å². The van der Waals surface area contributed by atoms with Crippen molar-refractivity contribution in [2.45, 2.75) is 51.9 Å². The van der Waals surface area contributed by atoms with Crippen LogP contribution in [0.4, 0.5) is 0 Å². The van der Waals surface area contributed by atoms with Gasteiger partial charge >= 0.3 is 5.97 Å². The van der Waals surface area contributed by atoms with Crippen LogP contribution in [0.3, 0.4) is 0 Å². The number of ether oxygens (including phenoxy) is 3. The lowest BCUT2D eigenvalue weighted by molar-refractivity contribution is -0.139. The van der Waals surface area contributed by atoms with E-state index in [4.69, 9.17) is 14.2 Å². The van der Waals surface area contributed by atoms with Crippen molar-refractivity contribution in [1.29, 1.82) is 0 Å². The molecule has 1 aliphatic rings. The number of methoxy groups -OCH3 is 2. The molecule has 38 heavy (non-hydrogen) atoms. The molecule has 0 amide bonds. The molecule has 0 heterocycles. The Balaban J connectivity index is 1.74. The smallest absolute Gasteiger partial charge is 0.309 e. The molecule has 0 spiro atoms. The van der Waals surface area contributed by atoms with E-state index in [0.29, 0.717) is 37.3 Å². The van der Waals surface area contributed by atoms with Crippen LogP contribution < -0.4 is 9.47 Å². The van der Waals surface area contributed by atoms with Crippen LogP contribution >= 0.6 is 31.9 Å². The van der Waals surface area contributed by atoms with Crippen LogP contribution in [0, 0.1) is 12.8 Å².